The molecule has 0 saturated heterocycles. The van der Waals surface area contributed by atoms with E-state index >= 15 is 0 Å². The summed E-state index contributed by atoms with van der Waals surface area (Å²) in [6.07, 6.45) is 1.65. The fraction of sp³-hybridized carbons (Fsp3) is 0.217. The molecule has 31 heavy (non-hydrogen) atoms. The van der Waals surface area contributed by atoms with Gasteiger partial charge in [-0.15, -0.1) is 0 Å². The van der Waals surface area contributed by atoms with E-state index in [0.29, 0.717) is 40.6 Å². The molecule has 2 aromatic heterocycles. The zero-order valence-electron chi connectivity index (χ0n) is 17.8. The Kier molecular flexibility index (Phi) is 5.53. The molecule has 0 bridgehead atoms. The number of imidazole rings is 1. The minimum Gasteiger partial charge on any atom is -0.494 e. The van der Waals surface area contributed by atoms with E-state index in [1.165, 1.54) is 21.3 Å². The number of aromatic amines is 1. The highest BCUT2D eigenvalue weighted by molar-refractivity contribution is 5.81. The predicted octanol–water partition coefficient (Wildman–Crippen LogP) is 3.81. The van der Waals surface area contributed by atoms with Crippen LogP contribution < -0.4 is 24.6 Å². The number of aromatic nitrogens is 3. The van der Waals surface area contributed by atoms with Gasteiger partial charge in [0.05, 0.1) is 56.5 Å². The average Bonchev–Trinajstić information content (AvgIpc) is 3.13. The molecule has 0 amide bonds. The molecule has 2 aromatic carbocycles. The molecule has 0 aliphatic carbocycles. The summed E-state index contributed by atoms with van der Waals surface area (Å²) in [5, 5.41) is 0. The second-order valence-corrected chi connectivity index (χ2v) is 6.69. The second kappa shape index (κ2) is 8.43. The van der Waals surface area contributed by atoms with Crippen molar-refractivity contribution in [1.29, 1.82) is 0 Å². The summed E-state index contributed by atoms with van der Waals surface area (Å²) in [5.41, 5.74) is 3.22. The topological polar surface area (TPSA) is 87.6 Å². The molecule has 8 nitrogen and oxygen atoms in total. The van der Waals surface area contributed by atoms with Crippen LogP contribution in [0.4, 0.5) is 0 Å². The molecule has 0 atom stereocenters. The van der Waals surface area contributed by atoms with E-state index in [9.17, 15) is 4.79 Å². The highest BCUT2D eigenvalue weighted by Gasteiger charge is 2.17. The highest BCUT2D eigenvalue weighted by Crippen LogP contribution is 2.39. The zero-order chi connectivity index (χ0) is 22.0. The third-order valence-corrected chi connectivity index (χ3v) is 4.94. The fourth-order valence-corrected chi connectivity index (χ4v) is 3.51. The van der Waals surface area contributed by atoms with Gasteiger partial charge in [-0.3, -0.25) is 9.55 Å². The standard InChI is InChI=1S/C23H23N3O5/c1-5-31-16-8-6-14(7-9-16)17-12-19-18(13-24-17)25-23(27)26(19)15-10-20(28-2)22(30-4)21(11-15)29-3/h6-13H,5H2,1-4H3,(H,25,27). The van der Waals surface area contributed by atoms with E-state index < -0.39 is 0 Å². The van der Waals surface area contributed by atoms with Gasteiger partial charge in [0.1, 0.15) is 5.75 Å². The van der Waals surface area contributed by atoms with Crippen LogP contribution in [-0.2, 0) is 0 Å². The maximum absolute atomic E-state index is 12.8. The number of hydrogen-bond acceptors (Lipinski definition) is 6. The van der Waals surface area contributed by atoms with Crippen LogP contribution in [0.3, 0.4) is 0 Å². The van der Waals surface area contributed by atoms with E-state index in [1.54, 1.807) is 22.9 Å². The smallest absolute Gasteiger partial charge is 0.331 e. The van der Waals surface area contributed by atoms with Crippen LogP contribution in [0.15, 0.2) is 53.5 Å². The highest BCUT2D eigenvalue weighted by atomic mass is 16.5. The largest absolute Gasteiger partial charge is 0.494 e. The molecule has 8 heteroatoms. The Hall–Kier alpha value is -3.94. The lowest BCUT2D eigenvalue weighted by Crippen LogP contribution is -2.15. The molecule has 0 saturated carbocycles. The fourth-order valence-electron chi connectivity index (χ4n) is 3.51. The Morgan fingerprint density at radius 3 is 2.23 bits per heavy atom. The number of hydrogen-bond donors (Lipinski definition) is 1. The van der Waals surface area contributed by atoms with Crippen LogP contribution in [-0.4, -0.2) is 42.5 Å². The zero-order valence-corrected chi connectivity index (χ0v) is 17.8. The van der Waals surface area contributed by atoms with Crippen molar-refractivity contribution >= 4 is 11.0 Å². The Morgan fingerprint density at radius 2 is 1.65 bits per heavy atom. The van der Waals surface area contributed by atoms with Crippen molar-refractivity contribution in [3.05, 3.63) is 59.1 Å². The maximum atomic E-state index is 12.8. The number of H-pyrrole nitrogens is 1. The number of methoxy groups -OCH3 is 3. The summed E-state index contributed by atoms with van der Waals surface area (Å²) in [6, 6.07) is 13.0. The summed E-state index contributed by atoms with van der Waals surface area (Å²) in [4.78, 5) is 20.2. The lowest BCUT2D eigenvalue weighted by atomic mass is 10.1. The van der Waals surface area contributed by atoms with Crippen molar-refractivity contribution in [3.8, 4) is 39.9 Å². The van der Waals surface area contributed by atoms with E-state index in [0.717, 1.165) is 17.0 Å². The van der Waals surface area contributed by atoms with Gasteiger partial charge in [-0.05, 0) is 37.3 Å². The third-order valence-electron chi connectivity index (χ3n) is 4.94. The first-order valence-electron chi connectivity index (χ1n) is 9.74. The van der Waals surface area contributed by atoms with Crippen molar-refractivity contribution in [3.63, 3.8) is 0 Å². The summed E-state index contributed by atoms with van der Waals surface area (Å²) in [7, 11) is 4.60. The summed E-state index contributed by atoms with van der Waals surface area (Å²) in [6.45, 7) is 2.55. The molecule has 0 radical (unpaired) electrons. The molecule has 0 fully saturated rings. The number of ether oxygens (including phenoxy) is 4. The SMILES string of the molecule is CCOc1ccc(-c2cc3c(cn2)[nH]c(=O)n3-c2cc(OC)c(OC)c(OC)c2)cc1. The minimum atomic E-state index is -0.296. The normalized spacial score (nSPS) is 10.8. The van der Waals surface area contributed by atoms with E-state index in [2.05, 4.69) is 9.97 Å². The van der Waals surface area contributed by atoms with Crippen LogP contribution in [0.5, 0.6) is 23.0 Å². The van der Waals surface area contributed by atoms with Crippen molar-refractivity contribution in [1.82, 2.24) is 14.5 Å². The number of benzene rings is 2. The van der Waals surface area contributed by atoms with Gasteiger partial charge in [-0.1, -0.05) is 0 Å². The van der Waals surface area contributed by atoms with Crippen LogP contribution in [0.25, 0.3) is 28.0 Å². The van der Waals surface area contributed by atoms with E-state index in [-0.39, 0.29) is 5.69 Å². The summed E-state index contributed by atoms with van der Waals surface area (Å²) < 4.78 is 23.3. The van der Waals surface area contributed by atoms with Crippen molar-refractivity contribution in [2.45, 2.75) is 6.92 Å². The first-order chi connectivity index (χ1) is 15.1. The van der Waals surface area contributed by atoms with Gasteiger partial charge in [0.15, 0.2) is 11.5 Å². The first-order valence-corrected chi connectivity index (χ1v) is 9.74. The van der Waals surface area contributed by atoms with E-state index in [1.807, 2.05) is 37.3 Å². The molecule has 0 aliphatic heterocycles. The van der Waals surface area contributed by atoms with Gasteiger partial charge in [-0.2, -0.15) is 0 Å². The average molecular weight is 421 g/mol. The van der Waals surface area contributed by atoms with Crippen molar-refractivity contribution in [2.75, 3.05) is 27.9 Å². The molecule has 4 rings (SSSR count). The molecule has 0 aliphatic rings. The second-order valence-electron chi connectivity index (χ2n) is 6.69. The number of nitrogens with zero attached hydrogens (tertiary/aromatic N) is 2. The molecule has 0 unspecified atom stereocenters. The lowest BCUT2D eigenvalue weighted by Gasteiger charge is -2.14. The van der Waals surface area contributed by atoms with Crippen molar-refractivity contribution < 1.29 is 18.9 Å². The molecule has 2 heterocycles. The van der Waals surface area contributed by atoms with Gasteiger partial charge in [0.2, 0.25) is 5.75 Å². The monoisotopic (exact) mass is 421 g/mol. The maximum Gasteiger partial charge on any atom is 0.331 e. The lowest BCUT2D eigenvalue weighted by molar-refractivity contribution is 0.324. The van der Waals surface area contributed by atoms with Crippen LogP contribution in [0.2, 0.25) is 0 Å². The van der Waals surface area contributed by atoms with Gasteiger partial charge < -0.3 is 23.9 Å². The number of nitrogens with one attached hydrogen (secondary N) is 1. The molecular weight excluding hydrogens is 398 g/mol. The Balaban J connectivity index is 1.87. The Bertz CT molecular complexity index is 1250. The van der Waals surface area contributed by atoms with Gasteiger partial charge in [-0.25, -0.2) is 4.79 Å². The van der Waals surface area contributed by atoms with Crippen LogP contribution in [0.1, 0.15) is 6.92 Å². The summed E-state index contributed by atoms with van der Waals surface area (Å²) >= 11 is 0. The van der Waals surface area contributed by atoms with Gasteiger partial charge in [0, 0.05) is 17.7 Å². The van der Waals surface area contributed by atoms with Gasteiger partial charge >= 0.3 is 5.69 Å². The Labute approximate surface area is 179 Å². The number of fused-ring (bicyclic) bond motifs is 1. The van der Waals surface area contributed by atoms with Crippen molar-refractivity contribution in [2.24, 2.45) is 0 Å². The predicted molar refractivity (Wildman–Crippen MR) is 118 cm³/mol. The number of rotatable bonds is 7. The number of pyridine rings is 1. The molecular formula is C23H23N3O5. The third kappa shape index (κ3) is 3.68. The first kappa shape index (κ1) is 20.3. The minimum absolute atomic E-state index is 0.296. The molecule has 1 N–H and O–H groups in total. The summed E-state index contributed by atoms with van der Waals surface area (Å²) in [5.74, 6) is 2.17. The van der Waals surface area contributed by atoms with Crippen LogP contribution in [0, 0.1) is 0 Å². The quantitative estimate of drug-likeness (QED) is 0.488. The Morgan fingerprint density at radius 1 is 0.968 bits per heavy atom. The molecule has 4 aromatic rings. The molecule has 160 valence electrons. The molecule has 0 spiro atoms. The van der Waals surface area contributed by atoms with E-state index in [4.69, 9.17) is 18.9 Å². The van der Waals surface area contributed by atoms with Crippen LogP contribution >= 0.6 is 0 Å². The van der Waals surface area contributed by atoms with Gasteiger partial charge in [0.25, 0.3) is 0 Å².